The van der Waals surface area contributed by atoms with Crippen LogP contribution in [0.1, 0.15) is 86.0 Å². The van der Waals surface area contributed by atoms with Gasteiger partial charge < -0.3 is 34.6 Å². The van der Waals surface area contributed by atoms with Crippen LogP contribution in [0.5, 0.6) is 0 Å². The molecule has 3 unspecified atom stereocenters. The summed E-state index contributed by atoms with van der Waals surface area (Å²) < 4.78 is 17.4. The highest BCUT2D eigenvalue weighted by Gasteiger charge is 2.85. The first-order chi connectivity index (χ1) is 18.5. The largest absolute Gasteiger partial charge is 0.465 e. The van der Waals surface area contributed by atoms with E-state index in [1.807, 2.05) is 6.92 Å². The Kier molecular flexibility index (Phi) is 5.92. The third-order valence-corrected chi connectivity index (χ3v) is 12.6. The lowest BCUT2D eigenvalue weighted by molar-refractivity contribution is -0.298. The summed E-state index contributed by atoms with van der Waals surface area (Å²) in [5.74, 6) is -1.99. The predicted octanol–water partition coefficient (Wildman–Crippen LogP) is 1.49. The van der Waals surface area contributed by atoms with E-state index in [2.05, 4.69) is 0 Å². The quantitative estimate of drug-likeness (QED) is 0.292. The Hall–Kier alpha value is -1.85. The lowest BCUT2D eigenvalue weighted by atomic mass is 9.41. The second-order valence-corrected chi connectivity index (χ2v) is 13.9. The van der Waals surface area contributed by atoms with Crippen LogP contribution in [0.15, 0.2) is 11.1 Å². The van der Waals surface area contributed by atoms with Gasteiger partial charge in [0.1, 0.15) is 35.3 Å². The average molecular weight is 563 g/mol. The Bertz CT molecular complexity index is 1210. The normalized spacial score (nSPS) is 51.1. The van der Waals surface area contributed by atoms with Gasteiger partial charge in [-0.15, -0.1) is 0 Å². The van der Waals surface area contributed by atoms with E-state index in [1.165, 1.54) is 13.8 Å². The SMILES string of the molecule is CC(=O)OC[C@]12CCC3[C@@H](C[C@H]4O[C@]45[C@@H](O)CCC(=O)[C@]35C)[C@]1(O)CC[C@@]2(O)C(C)(O)C1CC(C)=C(C)C(=O)O1. The molecule has 40 heavy (non-hydrogen) atoms. The molecule has 11 atom stereocenters. The van der Waals surface area contributed by atoms with Crippen molar-refractivity contribution < 1.29 is 49.0 Å². The summed E-state index contributed by atoms with van der Waals surface area (Å²) in [5.41, 5.74) is -7.91. The van der Waals surface area contributed by atoms with Crippen LogP contribution in [0.3, 0.4) is 0 Å². The maximum Gasteiger partial charge on any atom is 0.334 e. The van der Waals surface area contributed by atoms with Crippen molar-refractivity contribution in [3.05, 3.63) is 11.1 Å². The zero-order valence-electron chi connectivity index (χ0n) is 24.0. The first-order valence-electron chi connectivity index (χ1n) is 14.6. The van der Waals surface area contributed by atoms with Crippen molar-refractivity contribution in [2.75, 3.05) is 6.61 Å². The van der Waals surface area contributed by atoms with E-state index in [1.54, 1.807) is 13.8 Å². The minimum atomic E-state index is -2.00. The van der Waals surface area contributed by atoms with Gasteiger partial charge in [0.05, 0.1) is 28.6 Å². The first kappa shape index (κ1) is 28.3. The highest BCUT2D eigenvalue weighted by atomic mass is 16.6. The number of Topliss-reactive ketones (excluding diaryl/α,β-unsaturated/α-hetero) is 1. The van der Waals surface area contributed by atoms with Crippen molar-refractivity contribution in [2.45, 2.75) is 127 Å². The van der Waals surface area contributed by atoms with E-state index >= 15 is 0 Å². The lowest BCUT2D eigenvalue weighted by Gasteiger charge is -2.64. The van der Waals surface area contributed by atoms with Gasteiger partial charge in [0, 0.05) is 25.3 Å². The summed E-state index contributed by atoms with van der Waals surface area (Å²) in [6.45, 7) is 7.64. The van der Waals surface area contributed by atoms with Gasteiger partial charge in [-0.1, -0.05) is 5.57 Å². The number of ether oxygens (including phenoxy) is 3. The van der Waals surface area contributed by atoms with E-state index in [0.717, 1.165) is 5.57 Å². The number of aliphatic hydroxyl groups excluding tert-OH is 1. The van der Waals surface area contributed by atoms with Crippen molar-refractivity contribution in [3.8, 4) is 0 Å². The molecule has 0 aromatic carbocycles. The summed E-state index contributed by atoms with van der Waals surface area (Å²) in [6.07, 6.45) is -0.510. The Morgan fingerprint density at radius 1 is 1.12 bits per heavy atom. The van der Waals surface area contributed by atoms with Crippen LogP contribution in [0.4, 0.5) is 0 Å². The van der Waals surface area contributed by atoms with E-state index < -0.39 is 69.4 Å². The Labute approximate surface area is 234 Å². The fraction of sp³-hybridized carbons (Fsp3) is 0.833. The maximum absolute atomic E-state index is 13.6. The van der Waals surface area contributed by atoms with Gasteiger partial charge >= 0.3 is 11.9 Å². The van der Waals surface area contributed by atoms with Crippen LogP contribution < -0.4 is 0 Å². The molecule has 4 N–H and O–H groups in total. The number of carbonyl (C=O) groups excluding carboxylic acids is 3. The molecule has 0 radical (unpaired) electrons. The number of carbonyl (C=O) groups is 3. The van der Waals surface area contributed by atoms with Gasteiger partial charge in [-0.25, -0.2) is 4.79 Å². The summed E-state index contributed by atoms with van der Waals surface area (Å²) in [6, 6.07) is 0. The third kappa shape index (κ3) is 3.04. The minimum Gasteiger partial charge on any atom is -0.465 e. The van der Waals surface area contributed by atoms with Crippen LogP contribution in [-0.4, -0.2) is 85.5 Å². The molecular weight excluding hydrogens is 520 g/mol. The molecule has 10 nitrogen and oxygen atoms in total. The molecule has 10 heteroatoms. The summed E-state index contributed by atoms with van der Waals surface area (Å²) in [4.78, 5) is 38.3. The number of hydrogen-bond donors (Lipinski definition) is 4. The van der Waals surface area contributed by atoms with Gasteiger partial charge in [0.25, 0.3) is 0 Å². The molecule has 1 saturated heterocycles. The number of ketones is 1. The van der Waals surface area contributed by atoms with Gasteiger partial charge in [0.15, 0.2) is 0 Å². The molecule has 0 aromatic heterocycles. The summed E-state index contributed by atoms with van der Waals surface area (Å²) >= 11 is 0. The molecular formula is C30H42O10. The van der Waals surface area contributed by atoms with Crippen molar-refractivity contribution in [1.82, 2.24) is 0 Å². The molecule has 2 heterocycles. The van der Waals surface area contributed by atoms with Crippen molar-refractivity contribution >= 4 is 17.7 Å². The summed E-state index contributed by atoms with van der Waals surface area (Å²) in [5, 5.41) is 48.6. The molecule has 0 bridgehead atoms. The Morgan fingerprint density at radius 2 is 1.82 bits per heavy atom. The van der Waals surface area contributed by atoms with Gasteiger partial charge in [-0.3, -0.25) is 9.59 Å². The number of fused-ring (bicyclic) bond motifs is 4. The fourth-order valence-electron chi connectivity index (χ4n) is 10.1. The fourth-order valence-corrected chi connectivity index (χ4v) is 10.1. The van der Waals surface area contributed by atoms with Crippen LogP contribution >= 0.6 is 0 Å². The van der Waals surface area contributed by atoms with Crippen LogP contribution in [0.2, 0.25) is 0 Å². The van der Waals surface area contributed by atoms with Crippen LogP contribution in [0.25, 0.3) is 0 Å². The molecule has 222 valence electrons. The van der Waals surface area contributed by atoms with Crippen LogP contribution in [0, 0.1) is 22.7 Å². The molecule has 0 amide bonds. The van der Waals surface area contributed by atoms with Crippen molar-refractivity contribution in [3.63, 3.8) is 0 Å². The number of cyclic esters (lactones) is 1. The highest BCUT2D eigenvalue weighted by Crippen LogP contribution is 2.75. The van der Waals surface area contributed by atoms with Gasteiger partial charge in [-0.2, -0.15) is 0 Å². The molecule has 5 fully saturated rings. The lowest BCUT2D eigenvalue weighted by Crippen LogP contribution is -2.75. The van der Waals surface area contributed by atoms with E-state index in [9.17, 15) is 34.8 Å². The maximum atomic E-state index is 13.6. The van der Waals surface area contributed by atoms with Crippen LogP contribution in [-0.2, 0) is 28.6 Å². The van der Waals surface area contributed by atoms with E-state index in [4.69, 9.17) is 14.2 Å². The number of hydrogen-bond acceptors (Lipinski definition) is 10. The summed E-state index contributed by atoms with van der Waals surface area (Å²) in [7, 11) is 0. The minimum absolute atomic E-state index is 0.0121. The zero-order valence-corrected chi connectivity index (χ0v) is 24.0. The second kappa shape index (κ2) is 8.37. The molecule has 1 spiro atoms. The number of aliphatic hydroxyl groups is 4. The number of esters is 2. The zero-order chi connectivity index (χ0) is 29.3. The van der Waals surface area contributed by atoms with Crippen molar-refractivity contribution in [2.24, 2.45) is 22.7 Å². The number of rotatable bonds is 4. The smallest absolute Gasteiger partial charge is 0.334 e. The molecule has 4 saturated carbocycles. The predicted molar refractivity (Wildman–Crippen MR) is 138 cm³/mol. The Balaban J connectivity index is 1.44. The molecule has 2 aliphatic heterocycles. The third-order valence-electron chi connectivity index (χ3n) is 12.6. The average Bonchev–Trinajstić information content (AvgIpc) is 3.58. The Morgan fingerprint density at radius 3 is 2.48 bits per heavy atom. The molecule has 6 aliphatic rings. The van der Waals surface area contributed by atoms with Crippen molar-refractivity contribution in [1.29, 1.82) is 0 Å². The van der Waals surface area contributed by atoms with Gasteiger partial charge in [-0.05, 0) is 78.1 Å². The van der Waals surface area contributed by atoms with Gasteiger partial charge in [0.2, 0.25) is 0 Å². The molecule has 6 rings (SSSR count). The second-order valence-electron chi connectivity index (χ2n) is 13.9. The standard InChI is InChI=1S/C30H42O10/c1-15-12-22(39-24(34)16(15)2)26(5,35)29(37)11-10-28(36)19-13-23-30(40-23)21(33)7-6-20(32)25(30,4)18(19)8-9-27(28,29)14-38-17(3)31/h18-19,21-23,33,35-37H,6-14H2,1-5H3/t18?,19-,21+,22?,23-,25+,26?,27-,28-,29-,30-/m1/s1. The monoisotopic (exact) mass is 562 g/mol. The highest BCUT2D eigenvalue weighted by molar-refractivity contribution is 5.90. The molecule has 0 aromatic rings. The van der Waals surface area contributed by atoms with E-state index in [0.29, 0.717) is 24.8 Å². The van der Waals surface area contributed by atoms with E-state index in [-0.39, 0.29) is 50.4 Å². The molecule has 4 aliphatic carbocycles. The first-order valence-corrected chi connectivity index (χ1v) is 14.6. The topological polar surface area (TPSA) is 163 Å². The number of epoxide rings is 1.